The second-order valence-corrected chi connectivity index (χ2v) is 8.76. The van der Waals surface area contributed by atoms with Crippen molar-refractivity contribution in [3.05, 3.63) is 48.3 Å². The molecule has 1 aromatic carbocycles. The molecule has 2 saturated carbocycles. The van der Waals surface area contributed by atoms with Gasteiger partial charge in [0.1, 0.15) is 18.0 Å². The molecule has 0 radical (unpaired) electrons. The normalized spacial score (nSPS) is 33.2. The van der Waals surface area contributed by atoms with Gasteiger partial charge in [0.2, 0.25) is 5.88 Å². The number of ether oxygens (including phenoxy) is 1. The molecule has 7 nitrogen and oxygen atoms in total. The summed E-state index contributed by atoms with van der Waals surface area (Å²) in [7, 11) is 0. The number of piperidine rings is 1. The van der Waals surface area contributed by atoms with Crippen LogP contribution in [0.3, 0.4) is 0 Å². The van der Waals surface area contributed by atoms with Gasteiger partial charge in [0.25, 0.3) is 0 Å². The fourth-order valence-electron chi connectivity index (χ4n) is 5.29. The molecule has 3 heterocycles. The summed E-state index contributed by atoms with van der Waals surface area (Å²) in [5, 5.41) is 26.2. The Labute approximate surface area is 177 Å². The Bertz CT molecular complexity index is 1170. The van der Waals surface area contributed by atoms with Crippen LogP contribution in [0.1, 0.15) is 18.5 Å². The van der Waals surface area contributed by atoms with E-state index in [-0.39, 0.29) is 11.9 Å². The van der Waals surface area contributed by atoms with E-state index in [2.05, 4.69) is 20.6 Å². The number of hydrogen-bond acceptors (Lipinski definition) is 6. The maximum atomic E-state index is 14.8. The lowest BCUT2D eigenvalue weighted by Gasteiger charge is -2.28. The molecule has 1 saturated heterocycles. The lowest BCUT2D eigenvalue weighted by atomic mass is 9.86. The Kier molecular flexibility index (Phi) is 3.75. The van der Waals surface area contributed by atoms with Crippen LogP contribution in [0.5, 0.6) is 11.6 Å². The van der Waals surface area contributed by atoms with Crippen molar-refractivity contribution in [3.8, 4) is 28.6 Å². The van der Waals surface area contributed by atoms with Gasteiger partial charge in [0.15, 0.2) is 5.67 Å². The first-order valence-electron chi connectivity index (χ1n) is 10.3. The molecule has 2 aliphatic carbocycles. The first kappa shape index (κ1) is 18.7. The van der Waals surface area contributed by atoms with E-state index in [0.29, 0.717) is 36.5 Å². The van der Waals surface area contributed by atoms with Gasteiger partial charge < -0.3 is 15.2 Å². The van der Waals surface area contributed by atoms with Crippen LogP contribution in [-0.4, -0.2) is 55.6 Å². The molecular weight excluding hydrogens is 404 g/mol. The van der Waals surface area contributed by atoms with Crippen LogP contribution < -0.4 is 10.1 Å². The highest BCUT2D eigenvalue weighted by atomic mass is 19.2. The molecule has 3 aromatic rings. The molecule has 0 spiro atoms. The molecule has 2 N–H and O–H groups in total. The maximum absolute atomic E-state index is 14.8. The van der Waals surface area contributed by atoms with Gasteiger partial charge in [0, 0.05) is 42.9 Å². The van der Waals surface area contributed by atoms with Crippen LogP contribution in [0.15, 0.2) is 42.6 Å². The molecular formula is C22H21F2N5O2. The van der Waals surface area contributed by atoms with Gasteiger partial charge in [0.05, 0.1) is 22.5 Å². The minimum atomic E-state index is -1.74. The van der Waals surface area contributed by atoms with Crippen molar-refractivity contribution in [2.45, 2.75) is 43.8 Å². The number of phenolic OH excluding ortho intramolecular Hbond substituents is 1. The van der Waals surface area contributed by atoms with Gasteiger partial charge in [-0.3, -0.25) is 0 Å². The zero-order valence-electron chi connectivity index (χ0n) is 16.8. The van der Waals surface area contributed by atoms with Crippen molar-refractivity contribution in [1.82, 2.24) is 25.3 Å². The van der Waals surface area contributed by atoms with Crippen LogP contribution in [0.2, 0.25) is 0 Å². The molecule has 31 heavy (non-hydrogen) atoms. The average molecular weight is 425 g/mol. The van der Waals surface area contributed by atoms with E-state index in [0.717, 1.165) is 11.4 Å². The summed E-state index contributed by atoms with van der Waals surface area (Å²) in [4.78, 5) is 0. The average Bonchev–Trinajstić information content (AvgIpc) is 2.98. The molecule has 2 aromatic heterocycles. The standard InChI is InChI=1S/C22H21F2N5O2/c1-12-6-7-29(28-12)13-2-3-15(17(30)8-13)16-4-5-19(27-26-16)31-14-9-18-22(24)20(23)21(22,10-14)11-25-18/h2-8,14,18,20,25,30H,9-11H2,1H3. The highest BCUT2D eigenvalue weighted by molar-refractivity contribution is 5.68. The molecule has 9 heteroatoms. The van der Waals surface area contributed by atoms with Crippen LogP contribution in [0, 0.1) is 12.3 Å². The van der Waals surface area contributed by atoms with Crippen molar-refractivity contribution < 1.29 is 18.6 Å². The lowest BCUT2D eigenvalue weighted by Crippen LogP contribution is -2.41. The number of halogens is 2. The first-order chi connectivity index (χ1) is 14.9. The van der Waals surface area contributed by atoms with E-state index in [4.69, 9.17) is 4.74 Å². The minimum Gasteiger partial charge on any atom is -0.507 e. The fourth-order valence-corrected chi connectivity index (χ4v) is 5.29. The zero-order chi connectivity index (χ0) is 21.4. The van der Waals surface area contributed by atoms with Crippen LogP contribution in [-0.2, 0) is 0 Å². The number of aromatic hydroxyl groups is 1. The van der Waals surface area contributed by atoms with Crippen molar-refractivity contribution in [2.75, 3.05) is 6.54 Å². The van der Waals surface area contributed by atoms with Crippen molar-refractivity contribution in [2.24, 2.45) is 5.41 Å². The van der Waals surface area contributed by atoms with E-state index in [1.165, 1.54) is 0 Å². The quantitative estimate of drug-likeness (QED) is 0.669. The van der Waals surface area contributed by atoms with Crippen LogP contribution in [0.25, 0.3) is 16.9 Å². The van der Waals surface area contributed by atoms with E-state index < -0.39 is 23.3 Å². The second-order valence-electron chi connectivity index (χ2n) is 8.76. The fraction of sp³-hybridized carbons (Fsp3) is 0.409. The summed E-state index contributed by atoms with van der Waals surface area (Å²) in [6, 6.07) is 9.95. The highest BCUT2D eigenvalue weighted by Gasteiger charge is 2.87. The van der Waals surface area contributed by atoms with Gasteiger partial charge in [-0.25, -0.2) is 13.5 Å². The zero-order valence-corrected chi connectivity index (χ0v) is 16.8. The van der Waals surface area contributed by atoms with Gasteiger partial charge in [-0.1, -0.05) is 0 Å². The predicted octanol–water partition coefficient (Wildman–Crippen LogP) is 2.90. The Morgan fingerprint density at radius 1 is 1.23 bits per heavy atom. The number of rotatable bonds is 4. The van der Waals surface area contributed by atoms with Crippen LogP contribution in [0.4, 0.5) is 8.78 Å². The highest BCUT2D eigenvalue weighted by Crippen LogP contribution is 2.71. The number of nitrogens with one attached hydrogen (secondary N) is 1. The second kappa shape index (κ2) is 6.23. The molecule has 0 amide bonds. The van der Waals surface area contributed by atoms with Crippen molar-refractivity contribution in [3.63, 3.8) is 0 Å². The molecule has 160 valence electrons. The lowest BCUT2D eigenvalue weighted by molar-refractivity contribution is 0.0760. The largest absolute Gasteiger partial charge is 0.507 e. The molecule has 5 unspecified atom stereocenters. The Morgan fingerprint density at radius 3 is 2.74 bits per heavy atom. The summed E-state index contributed by atoms with van der Waals surface area (Å²) >= 11 is 0. The topological polar surface area (TPSA) is 85.1 Å². The third-order valence-corrected chi connectivity index (χ3v) is 6.97. The molecule has 6 rings (SSSR count). The number of hydrogen-bond donors (Lipinski definition) is 2. The van der Waals surface area contributed by atoms with E-state index >= 15 is 0 Å². The number of nitrogens with zero attached hydrogens (tertiary/aromatic N) is 4. The summed E-state index contributed by atoms with van der Waals surface area (Å²) in [6.45, 7) is 2.25. The van der Waals surface area contributed by atoms with Crippen molar-refractivity contribution >= 4 is 0 Å². The van der Waals surface area contributed by atoms with Crippen LogP contribution >= 0.6 is 0 Å². The van der Waals surface area contributed by atoms with E-state index in [1.54, 1.807) is 28.9 Å². The van der Waals surface area contributed by atoms with Gasteiger partial charge in [-0.05, 0) is 37.6 Å². The van der Waals surface area contributed by atoms with E-state index in [9.17, 15) is 13.9 Å². The van der Waals surface area contributed by atoms with Gasteiger partial charge in [-0.15, -0.1) is 10.2 Å². The summed E-state index contributed by atoms with van der Waals surface area (Å²) < 4.78 is 36.5. The first-order valence-corrected chi connectivity index (χ1v) is 10.3. The number of aryl methyl sites for hydroxylation is 1. The number of aromatic nitrogens is 4. The summed E-state index contributed by atoms with van der Waals surface area (Å²) in [5.41, 5.74) is -0.0448. The number of benzene rings is 1. The molecule has 3 aliphatic rings. The third-order valence-electron chi connectivity index (χ3n) is 6.97. The summed E-state index contributed by atoms with van der Waals surface area (Å²) in [6.07, 6.45) is 0.825. The molecule has 5 atom stereocenters. The number of alkyl halides is 2. The molecule has 1 aliphatic heterocycles. The monoisotopic (exact) mass is 425 g/mol. The van der Waals surface area contributed by atoms with E-state index in [1.807, 2.05) is 25.3 Å². The minimum absolute atomic E-state index is 0.0599. The Hall–Kier alpha value is -3.07. The smallest absolute Gasteiger partial charge is 0.233 e. The SMILES string of the molecule is Cc1ccn(-c2ccc(-c3ccc(OC4CC5NCC6(C4)C(F)C56F)nn3)c(O)c2)n1. The number of phenols is 1. The third kappa shape index (κ3) is 2.56. The summed E-state index contributed by atoms with van der Waals surface area (Å²) in [5.74, 6) is 0.361. The maximum Gasteiger partial charge on any atom is 0.233 e. The van der Waals surface area contributed by atoms with Crippen molar-refractivity contribution in [1.29, 1.82) is 0 Å². The van der Waals surface area contributed by atoms with Gasteiger partial charge in [-0.2, -0.15) is 5.10 Å². The van der Waals surface area contributed by atoms with Gasteiger partial charge >= 0.3 is 0 Å². The Balaban J connectivity index is 1.18. The molecule has 2 bridgehead atoms. The Morgan fingerprint density at radius 2 is 2.10 bits per heavy atom. The molecule has 3 fully saturated rings. The predicted molar refractivity (Wildman–Crippen MR) is 108 cm³/mol.